The smallest absolute Gasteiger partial charge is 0.191 e. The summed E-state index contributed by atoms with van der Waals surface area (Å²) in [4.78, 5) is 6.72. The quantitative estimate of drug-likeness (QED) is 0.638. The molecule has 0 aliphatic carbocycles. The predicted octanol–water partition coefficient (Wildman–Crippen LogP) is 1.53. The number of hydrogen-bond donors (Lipinski definition) is 2. The molecule has 1 aromatic heterocycles. The van der Waals surface area contributed by atoms with E-state index in [2.05, 4.69) is 34.4 Å². The van der Waals surface area contributed by atoms with Crippen molar-refractivity contribution >= 4 is 5.96 Å². The number of rotatable bonds is 5. The molecular weight excluding hydrogens is 280 g/mol. The fourth-order valence-electron chi connectivity index (χ4n) is 2.55. The first kappa shape index (κ1) is 16.8. The minimum absolute atomic E-state index is 0.0820. The molecule has 1 fully saturated rings. The standard InChI is InChI=1S/C16H28N4O2/c1-12(20-7-9-21-10-8-20)11-18-16(17-4)19-14(3)15-6-5-13(2)22-15/h5-6,12,14H,7-11H2,1-4H3,(H2,17,18,19). The lowest BCUT2D eigenvalue weighted by Gasteiger charge is -2.32. The number of aliphatic imine (C=N–C) groups is 1. The number of furan rings is 1. The van der Waals surface area contributed by atoms with E-state index < -0.39 is 0 Å². The van der Waals surface area contributed by atoms with Crippen LogP contribution in [0.25, 0.3) is 0 Å². The number of aryl methyl sites for hydroxylation is 1. The van der Waals surface area contributed by atoms with Crippen LogP contribution in [0.4, 0.5) is 0 Å². The summed E-state index contributed by atoms with van der Waals surface area (Å²) in [6.45, 7) is 10.7. The van der Waals surface area contributed by atoms with Gasteiger partial charge in [0.15, 0.2) is 5.96 Å². The van der Waals surface area contributed by atoms with Crippen molar-refractivity contribution in [1.29, 1.82) is 0 Å². The van der Waals surface area contributed by atoms with E-state index in [-0.39, 0.29) is 6.04 Å². The van der Waals surface area contributed by atoms with Gasteiger partial charge in [-0.3, -0.25) is 9.89 Å². The van der Waals surface area contributed by atoms with E-state index in [9.17, 15) is 0 Å². The summed E-state index contributed by atoms with van der Waals surface area (Å²) in [7, 11) is 1.79. The van der Waals surface area contributed by atoms with Gasteiger partial charge in [0.2, 0.25) is 0 Å². The van der Waals surface area contributed by atoms with Crippen LogP contribution in [0.3, 0.4) is 0 Å². The normalized spacial score (nSPS) is 19.7. The lowest BCUT2D eigenvalue weighted by atomic mass is 10.2. The minimum Gasteiger partial charge on any atom is -0.464 e. The molecule has 2 N–H and O–H groups in total. The van der Waals surface area contributed by atoms with Gasteiger partial charge in [0.05, 0.1) is 19.3 Å². The molecule has 0 spiro atoms. The molecule has 22 heavy (non-hydrogen) atoms. The number of nitrogens with one attached hydrogen (secondary N) is 2. The highest BCUT2D eigenvalue weighted by atomic mass is 16.5. The Kier molecular flexibility index (Phi) is 6.27. The second kappa shape index (κ2) is 8.19. The Labute approximate surface area is 132 Å². The van der Waals surface area contributed by atoms with E-state index in [1.165, 1.54) is 0 Å². The highest BCUT2D eigenvalue weighted by molar-refractivity contribution is 5.80. The zero-order valence-corrected chi connectivity index (χ0v) is 14.1. The Hall–Kier alpha value is -1.53. The molecular formula is C16H28N4O2. The molecule has 1 aliphatic rings. The number of nitrogens with zero attached hydrogens (tertiary/aromatic N) is 2. The van der Waals surface area contributed by atoms with Crippen LogP contribution in [0.15, 0.2) is 21.5 Å². The van der Waals surface area contributed by atoms with Crippen LogP contribution < -0.4 is 10.6 Å². The van der Waals surface area contributed by atoms with Gasteiger partial charge in [0, 0.05) is 32.7 Å². The Bertz CT molecular complexity index is 480. The third-order valence-electron chi connectivity index (χ3n) is 4.00. The fourth-order valence-corrected chi connectivity index (χ4v) is 2.55. The molecule has 0 amide bonds. The van der Waals surface area contributed by atoms with E-state index in [4.69, 9.17) is 9.15 Å². The Morgan fingerprint density at radius 1 is 1.32 bits per heavy atom. The SMILES string of the molecule is CN=C(NCC(C)N1CCOCC1)NC(C)c1ccc(C)o1. The fraction of sp³-hybridized carbons (Fsp3) is 0.688. The van der Waals surface area contributed by atoms with Crippen LogP contribution in [-0.2, 0) is 4.74 Å². The maximum Gasteiger partial charge on any atom is 0.191 e. The Morgan fingerprint density at radius 3 is 2.64 bits per heavy atom. The molecule has 0 bridgehead atoms. The molecule has 1 saturated heterocycles. The van der Waals surface area contributed by atoms with E-state index >= 15 is 0 Å². The van der Waals surface area contributed by atoms with Crippen molar-refractivity contribution in [1.82, 2.24) is 15.5 Å². The molecule has 2 unspecified atom stereocenters. The van der Waals surface area contributed by atoms with Crippen molar-refractivity contribution in [3.05, 3.63) is 23.7 Å². The summed E-state index contributed by atoms with van der Waals surface area (Å²) in [6.07, 6.45) is 0. The van der Waals surface area contributed by atoms with Gasteiger partial charge in [-0.1, -0.05) is 0 Å². The van der Waals surface area contributed by atoms with Gasteiger partial charge in [-0.05, 0) is 32.9 Å². The van der Waals surface area contributed by atoms with Crippen molar-refractivity contribution in [2.75, 3.05) is 39.9 Å². The monoisotopic (exact) mass is 308 g/mol. The van der Waals surface area contributed by atoms with Crippen LogP contribution in [-0.4, -0.2) is 56.8 Å². The molecule has 0 saturated carbocycles. The summed E-state index contributed by atoms with van der Waals surface area (Å²) in [6, 6.07) is 4.50. The van der Waals surface area contributed by atoms with E-state index in [0.717, 1.165) is 50.3 Å². The van der Waals surface area contributed by atoms with Gasteiger partial charge in [-0.2, -0.15) is 0 Å². The van der Waals surface area contributed by atoms with Gasteiger partial charge in [0.1, 0.15) is 11.5 Å². The van der Waals surface area contributed by atoms with Crippen molar-refractivity contribution in [3.63, 3.8) is 0 Å². The number of hydrogen-bond acceptors (Lipinski definition) is 4. The molecule has 0 aromatic carbocycles. The van der Waals surface area contributed by atoms with E-state index in [1.54, 1.807) is 7.05 Å². The summed E-state index contributed by atoms with van der Waals surface area (Å²) in [5.41, 5.74) is 0. The zero-order chi connectivity index (χ0) is 15.9. The first-order chi connectivity index (χ1) is 10.6. The summed E-state index contributed by atoms with van der Waals surface area (Å²) in [5, 5.41) is 6.75. The molecule has 1 aliphatic heterocycles. The molecule has 1 aromatic rings. The number of ether oxygens (including phenoxy) is 1. The van der Waals surface area contributed by atoms with Crippen molar-refractivity contribution in [3.8, 4) is 0 Å². The summed E-state index contributed by atoms with van der Waals surface area (Å²) in [5.74, 6) is 2.64. The zero-order valence-electron chi connectivity index (χ0n) is 14.1. The van der Waals surface area contributed by atoms with Crippen LogP contribution in [0.1, 0.15) is 31.4 Å². The molecule has 6 heteroatoms. The van der Waals surface area contributed by atoms with Gasteiger partial charge >= 0.3 is 0 Å². The molecule has 2 atom stereocenters. The van der Waals surface area contributed by atoms with Crippen LogP contribution in [0.2, 0.25) is 0 Å². The van der Waals surface area contributed by atoms with Gasteiger partial charge in [-0.25, -0.2) is 0 Å². The summed E-state index contributed by atoms with van der Waals surface area (Å²) < 4.78 is 11.0. The first-order valence-electron chi connectivity index (χ1n) is 7.95. The highest BCUT2D eigenvalue weighted by Crippen LogP contribution is 2.15. The number of morpholine rings is 1. The molecule has 0 radical (unpaired) electrons. The third-order valence-corrected chi connectivity index (χ3v) is 4.00. The molecule has 2 rings (SSSR count). The average molecular weight is 308 g/mol. The van der Waals surface area contributed by atoms with E-state index in [0.29, 0.717) is 6.04 Å². The Balaban J connectivity index is 1.79. The van der Waals surface area contributed by atoms with Gasteiger partial charge < -0.3 is 19.8 Å². The van der Waals surface area contributed by atoms with Crippen molar-refractivity contribution in [2.24, 2.45) is 4.99 Å². The van der Waals surface area contributed by atoms with Gasteiger partial charge in [0.25, 0.3) is 0 Å². The second-order valence-corrected chi connectivity index (χ2v) is 5.76. The maximum absolute atomic E-state index is 5.64. The molecule has 6 nitrogen and oxygen atoms in total. The third kappa shape index (κ3) is 4.74. The Morgan fingerprint density at radius 2 is 2.05 bits per heavy atom. The topological polar surface area (TPSA) is 62.0 Å². The van der Waals surface area contributed by atoms with Crippen molar-refractivity contribution < 1.29 is 9.15 Å². The lowest BCUT2D eigenvalue weighted by Crippen LogP contribution is -2.49. The minimum atomic E-state index is 0.0820. The average Bonchev–Trinajstić information content (AvgIpc) is 2.98. The van der Waals surface area contributed by atoms with Crippen LogP contribution in [0, 0.1) is 6.92 Å². The number of guanidine groups is 1. The molecule has 2 heterocycles. The molecule has 124 valence electrons. The highest BCUT2D eigenvalue weighted by Gasteiger charge is 2.17. The maximum atomic E-state index is 5.64. The van der Waals surface area contributed by atoms with Gasteiger partial charge in [-0.15, -0.1) is 0 Å². The lowest BCUT2D eigenvalue weighted by molar-refractivity contribution is 0.0211. The largest absolute Gasteiger partial charge is 0.464 e. The first-order valence-corrected chi connectivity index (χ1v) is 7.95. The van der Waals surface area contributed by atoms with Crippen LogP contribution >= 0.6 is 0 Å². The van der Waals surface area contributed by atoms with Crippen LogP contribution in [0.5, 0.6) is 0 Å². The summed E-state index contributed by atoms with van der Waals surface area (Å²) >= 11 is 0. The van der Waals surface area contributed by atoms with Crippen molar-refractivity contribution in [2.45, 2.75) is 32.9 Å². The van der Waals surface area contributed by atoms with E-state index in [1.807, 2.05) is 19.1 Å². The predicted molar refractivity (Wildman–Crippen MR) is 88.2 cm³/mol. The second-order valence-electron chi connectivity index (χ2n) is 5.76.